The molecule has 0 bridgehead atoms. The molecule has 1 aliphatic rings. The van der Waals surface area contributed by atoms with Crippen LogP contribution in [0.4, 0.5) is 0 Å². The van der Waals surface area contributed by atoms with Crippen molar-refractivity contribution in [3.8, 4) is 11.5 Å². The lowest BCUT2D eigenvalue weighted by Crippen LogP contribution is -2.28. The second-order valence-corrected chi connectivity index (χ2v) is 4.58. The number of nitrogens with two attached hydrogens (primary N) is 1. The Balaban J connectivity index is 2.29. The van der Waals surface area contributed by atoms with Gasteiger partial charge in [-0.3, -0.25) is 0 Å². The number of hydrogen-bond acceptors (Lipinski definition) is 4. The van der Waals surface area contributed by atoms with Gasteiger partial charge in [-0.2, -0.15) is 0 Å². The van der Waals surface area contributed by atoms with Crippen molar-refractivity contribution in [3.63, 3.8) is 0 Å². The minimum atomic E-state index is 0.0488. The minimum absolute atomic E-state index is 0.0488. The molecule has 1 aliphatic heterocycles. The van der Waals surface area contributed by atoms with Crippen molar-refractivity contribution in [2.45, 2.75) is 18.9 Å². The molecule has 0 amide bonds. The van der Waals surface area contributed by atoms with Crippen molar-refractivity contribution in [2.24, 2.45) is 11.7 Å². The van der Waals surface area contributed by atoms with Gasteiger partial charge in [0.15, 0.2) is 0 Å². The lowest BCUT2D eigenvalue weighted by atomic mass is 9.89. The minimum Gasteiger partial charge on any atom is -0.497 e. The summed E-state index contributed by atoms with van der Waals surface area (Å²) in [4.78, 5) is 0. The molecule has 2 rings (SSSR count). The van der Waals surface area contributed by atoms with Gasteiger partial charge in [-0.05, 0) is 37.1 Å². The van der Waals surface area contributed by atoms with Gasteiger partial charge in [-0.25, -0.2) is 0 Å². The molecule has 1 fully saturated rings. The predicted octanol–water partition coefficient (Wildman–Crippen LogP) is 2.13. The lowest BCUT2D eigenvalue weighted by molar-refractivity contribution is -0.0253. The Bertz CT molecular complexity index is 372. The Hall–Kier alpha value is -1.26. The van der Waals surface area contributed by atoms with Gasteiger partial charge in [0, 0.05) is 18.6 Å². The average Bonchev–Trinajstić information content (AvgIpc) is 2.46. The van der Waals surface area contributed by atoms with E-state index < -0.39 is 0 Å². The normalized spacial score (nSPS) is 23.7. The second-order valence-electron chi connectivity index (χ2n) is 4.58. The zero-order chi connectivity index (χ0) is 13.0. The van der Waals surface area contributed by atoms with E-state index in [1.807, 2.05) is 18.2 Å². The molecule has 0 radical (unpaired) electrons. The number of benzene rings is 1. The molecule has 0 aromatic heterocycles. The van der Waals surface area contributed by atoms with Gasteiger partial charge in [0.05, 0.1) is 20.3 Å². The fourth-order valence-electron chi connectivity index (χ4n) is 2.45. The summed E-state index contributed by atoms with van der Waals surface area (Å²) in [6, 6.07) is 5.87. The molecule has 1 saturated heterocycles. The summed E-state index contributed by atoms with van der Waals surface area (Å²) in [5.41, 5.74) is 6.91. The van der Waals surface area contributed by atoms with Crippen LogP contribution in [-0.4, -0.2) is 27.4 Å². The van der Waals surface area contributed by atoms with Gasteiger partial charge < -0.3 is 19.9 Å². The molecule has 100 valence electrons. The van der Waals surface area contributed by atoms with Gasteiger partial charge in [-0.15, -0.1) is 0 Å². The quantitative estimate of drug-likeness (QED) is 0.890. The number of methoxy groups -OCH3 is 2. The highest BCUT2D eigenvalue weighted by Crippen LogP contribution is 2.36. The Morgan fingerprint density at radius 2 is 1.89 bits per heavy atom. The number of rotatable bonds is 4. The van der Waals surface area contributed by atoms with E-state index in [1.54, 1.807) is 14.2 Å². The molecule has 4 nitrogen and oxygen atoms in total. The first kappa shape index (κ1) is 13.2. The monoisotopic (exact) mass is 251 g/mol. The van der Waals surface area contributed by atoms with Gasteiger partial charge in [0.25, 0.3) is 0 Å². The summed E-state index contributed by atoms with van der Waals surface area (Å²) in [5, 5.41) is 0. The van der Waals surface area contributed by atoms with Crippen LogP contribution in [-0.2, 0) is 4.74 Å². The summed E-state index contributed by atoms with van der Waals surface area (Å²) in [6.45, 7) is 1.44. The Morgan fingerprint density at radius 3 is 2.44 bits per heavy atom. The number of ether oxygens (including phenoxy) is 3. The maximum atomic E-state index is 5.88. The summed E-state index contributed by atoms with van der Waals surface area (Å²) in [7, 11) is 3.31. The molecule has 1 aromatic carbocycles. The fraction of sp³-hybridized carbons (Fsp3) is 0.571. The molecule has 2 unspecified atom stereocenters. The molecule has 18 heavy (non-hydrogen) atoms. The first-order valence-electron chi connectivity index (χ1n) is 6.33. The van der Waals surface area contributed by atoms with E-state index in [1.165, 1.54) is 0 Å². The standard InChI is InChI=1S/C14H21NO3/c1-16-12-6-11(7-13(8-12)17-2)14-10(9-15)4-3-5-18-14/h6-8,10,14H,3-5,9,15H2,1-2H3. The molecule has 1 aromatic rings. The summed E-state index contributed by atoms with van der Waals surface area (Å²) in [5.74, 6) is 1.94. The molecular weight excluding hydrogens is 230 g/mol. The van der Waals surface area contributed by atoms with Crippen molar-refractivity contribution in [1.82, 2.24) is 0 Å². The van der Waals surface area contributed by atoms with E-state index in [2.05, 4.69) is 0 Å². The third-order valence-electron chi connectivity index (χ3n) is 3.45. The molecule has 0 saturated carbocycles. The second kappa shape index (κ2) is 6.07. The highest BCUT2D eigenvalue weighted by Gasteiger charge is 2.27. The van der Waals surface area contributed by atoms with E-state index in [4.69, 9.17) is 19.9 Å². The van der Waals surface area contributed by atoms with E-state index in [0.717, 1.165) is 36.5 Å². The van der Waals surface area contributed by atoms with Crippen LogP contribution in [0.1, 0.15) is 24.5 Å². The predicted molar refractivity (Wildman–Crippen MR) is 70.0 cm³/mol. The van der Waals surface area contributed by atoms with Crippen LogP contribution in [0, 0.1) is 5.92 Å². The highest BCUT2D eigenvalue weighted by atomic mass is 16.5. The van der Waals surface area contributed by atoms with Crippen LogP contribution in [0.2, 0.25) is 0 Å². The lowest BCUT2D eigenvalue weighted by Gasteiger charge is -2.31. The van der Waals surface area contributed by atoms with E-state index in [9.17, 15) is 0 Å². The Kier molecular flexibility index (Phi) is 4.44. The van der Waals surface area contributed by atoms with E-state index in [0.29, 0.717) is 12.5 Å². The van der Waals surface area contributed by atoms with Crippen molar-refractivity contribution in [1.29, 1.82) is 0 Å². The van der Waals surface area contributed by atoms with Crippen LogP contribution in [0.15, 0.2) is 18.2 Å². The SMILES string of the molecule is COc1cc(OC)cc(C2OCCCC2CN)c1. The molecule has 0 spiro atoms. The van der Waals surface area contributed by atoms with Crippen LogP contribution in [0.25, 0.3) is 0 Å². The smallest absolute Gasteiger partial charge is 0.122 e. The molecule has 2 atom stereocenters. The Morgan fingerprint density at radius 1 is 1.22 bits per heavy atom. The summed E-state index contributed by atoms with van der Waals surface area (Å²) < 4.78 is 16.5. The van der Waals surface area contributed by atoms with E-state index >= 15 is 0 Å². The first-order valence-corrected chi connectivity index (χ1v) is 6.33. The van der Waals surface area contributed by atoms with Crippen LogP contribution in [0.5, 0.6) is 11.5 Å². The summed E-state index contributed by atoms with van der Waals surface area (Å²) in [6.07, 6.45) is 2.24. The van der Waals surface area contributed by atoms with Crippen molar-refractivity contribution in [2.75, 3.05) is 27.4 Å². The third kappa shape index (κ3) is 2.76. The van der Waals surface area contributed by atoms with Crippen molar-refractivity contribution in [3.05, 3.63) is 23.8 Å². The maximum Gasteiger partial charge on any atom is 0.122 e. The maximum absolute atomic E-state index is 5.88. The largest absolute Gasteiger partial charge is 0.497 e. The Labute approximate surface area is 108 Å². The van der Waals surface area contributed by atoms with Crippen molar-refractivity contribution < 1.29 is 14.2 Å². The molecule has 1 heterocycles. The zero-order valence-corrected chi connectivity index (χ0v) is 11.0. The van der Waals surface area contributed by atoms with Gasteiger partial charge in [0.1, 0.15) is 11.5 Å². The zero-order valence-electron chi connectivity index (χ0n) is 11.0. The van der Waals surface area contributed by atoms with Gasteiger partial charge in [-0.1, -0.05) is 0 Å². The van der Waals surface area contributed by atoms with Crippen molar-refractivity contribution >= 4 is 0 Å². The summed E-state index contributed by atoms with van der Waals surface area (Å²) >= 11 is 0. The molecule has 0 aliphatic carbocycles. The van der Waals surface area contributed by atoms with E-state index in [-0.39, 0.29) is 6.10 Å². The fourth-order valence-corrected chi connectivity index (χ4v) is 2.45. The third-order valence-corrected chi connectivity index (χ3v) is 3.45. The van der Waals surface area contributed by atoms with Gasteiger partial charge >= 0.3 is 0 Å². The average molecular weight is 251 g/mol. The molecule has 2 N–H and O–H groups in total. The van der Waals surface area contributed by atoms with Gasteiger partial charge in [0.2, 0.25) is 0 Å². The van der Waals surface area contributed by atoms with Crippen LogP contribution < -0.4 is 15.2 Å². The van der Waals surface area contributed by atoms with Crippen LogP contribution in [0.3, 0.4) is 0 Å². The topological polar surface area (TPSA) is 53.7 Å². The first-order chi connectivity index (χ1) is 8.78. The van der Waals surface area contributed by atoms with Crippen LogP contribution >= 0.6 is 0 Å². The molecular formula is C14H21NO3. The highest BCUT2D eigenvalue weighted by molar-refractivity contribution is 5.39. The number of hydrogen-bond donors (Lipinski definition) is 1. The molecule has 4 heteroatoms.